The predicted molar refractivity (Wildman–Crippen MR) is 114 cm³/mol. The first-order chi connectivity index (χ1) is 14.6. The molecule has 2 aliphatic rings. The van der Waals surface area contributed by atoms with E-state index in [1.807, 2.05) is 18.2 Å². The van der Waals surface area contributed by atoms with Gasteiger partial charge in [-0.1, -0.05) is 30.3 Å². The van der Waals surface area contributed by atoms with Crippen molar-refractivity contribution in [2.45, 2.75) is 25.0 Å². The molecule has 0 radical (unpaired) electrons. The highest BCUT2D eigenvalue weighted by atomic mass is 19.1. The standard InChI is InChI=1S/C24H31FN2O3/c25-22-7-5-21(6-8-22)24(28)9-11-27(12-10-24)19-20-3-1-2-4-23(20)30-18-15-26-13-16-29-17-14-26/h1-8,28H,9-19H2. The van der Waals surface area contributed by atoms with Gasteiger partial charge in [0.05, 0.1) is 18.8 Å². The molecular formula is C24H31FN2O3. The van der Waals surface area contributed by atoms with Crippen LogP contribution in [0, 0.1) is 5.82 Å². The number of likely N-dealkylation sites (tertiary alicyclic amines) is 1. The van der Waals surface area contributed by atoms with Crippen molar-refractivity contribution < 1.29 is 19.0 Å². The van der Waals surface area contributed by atoms with Crippen LogP contribution in [0.15, 0.2) is 48.5 Å². The van der Waals surface area contributed by atoms with E-state index >= 15 is 0 Å². The Balaban J connectivity index is 1.30. The van der Waals surface area contributed by atoms with Crippen LogP contribution in [0.25, 0.3) is 0 Å². The first kappa shape index (κ1) is 21.2. The van der Waals surface area contributed by atoms with E-state index in [0.717, 1.165) is 63.8 Å². The van der Waals surface area contributed by atoms with Crippen molar-refractivity contribution in [3.63, 3.8) is 0 Å². The zero-order valence-corrected chi connectivity index (χ0v) is 17.4. The average Bonchev–Trinajstić information content (AvgIpc) is 2.78. The van der Waals surface area contributed by atoms with Gasteiger partial charge in [-0.2, -0.15) is 0 Å². The predicted octanol–water partition coefficient (Wildman–Crippen LogP) is 3.02. The minimum atomic E-state index is -0.877. The summed E-state index contributed by atoms with van der Waals surface area (Å²) in [4.78, 5) is 4.72. The maximum Gasteiger partial charge on any atom is 0.123 e. The summed E-state index contributed by atoms with van der Waals surface area (Å²) in [5, 5.41) is 11.0. The third kappa shape index (κ3) is 5.38. The van der Waals surface area contributed by atoms with E-state index in [1.54, 1.807) is 12.1 Å². The number of hydrogen-bond acceptors (Lipinski definition) is 5. The highest BCUT2D eigenvalue weighted by Gasteiger charge is 2.34. The van der Waals surface area contributed by atoms with Crippen LogP contribution < -0.4 is 4.74 Å². The Morgan fingerprint density at radius 3 is 2.37 bits per heavy atom. The summed E-state index contributed by atoms with van der Waals surface area (Å²) >= 11 is 0. The van der Waals surface area contributed by atoms with Gasteiger partial charge in [0.1, 0.15) is 18.2 Å². The number of nitrogens with zero attached hydrogens (tertiary/aromatic N) is 2. The van der Waals surface area contributed by atoms with Crippen molar-refractivity contribution in [3.8, 4) is 5.75 Å². The smallest absolute Gasteiger partial charge is 0.123 e. The summed E-state index contributed by atoms with van der Waals surface area (Å²) in [6, 6.07) is 14.4. The number of piperidine rings is 1. The van der Waals surface area contributed by atoms with Crippen molar-refractivity contribution in [2.24, 2.45) is 0 Å². The number of benzene rings is 2. The molecule has 5 nitrogen and oxygen atoms in total. The number of para-hydroxylation sites is 1. The lowest BCUT2D eigenvalue weighted by Crippen LogP contribution is -2.42. The van der Waals surface area contributed by atoms with Gasteiger partial charge in [-0.15, -0.1) is 0 Å². The molecule has 0 bridgehead atoms. The molecular weight excluding hydrogens is 383 g/mol. The largest absolute Gasteiger partial charge is 0.492 e. The van der Waals surface area contributed by atoms with E-state index < -0.39 is 5.60 Å². The molecule has 0 spiro atoms. The van der Waals surface area contributed by atoms with Gasteiger partial charge in [0.15, 0.2) is 0 Å². The van der Waals surface area contributed by atoms with Crippen LogP contribution in [0.4, 0.5) is 4.39 Å². The summed E-state index contributed by atoms with van der Waals surface area (Å²) < 4.78 is 24.7. The fourth-order valence-electron chi connectivity index (χ4n) is 4.26. The number of morpholine rings is 1. The van der Waals surface area contributed by atoms with Crippen LogP contribution in [0.1, 0.15) is 24.0 Å². The van der Waals surface area contributed by atoms with E-state index in [2.05, 4.69) is 15.9 Å². The van der Waals surface area contributed by atoms with Gasteiger partial charge in [-0.25, -0.2) is 4.39 Å². The average molecular weight is 415 g/mol. The number of aliphatic hydroxyl groups is 1. The molecule has 0 atom stereocenters. The van der Waals surface area contributed by atoms with Gasteiger partial charge in [0.25, 0.3) is 0 Å². The molecule has 0 saturated carbocycles. The second kappa shape index (κ2) is 9.88. The maximum atomic E-state index is 13.2. The van der Waals surface area contributed by atoms with Crippen molar-refractivity contribution in [1.82, 2.24) is 9.80 Å². The molecule has 2 aromatic rings. The molecule has 2 saturated heterocycles. The lowest BCUT2D eigenvalue weighted by molar-refractivity contribution is -0.0279. The third-order valence-corrected chi connectivity index (χ3v) is 6.20. The van der Waals surface area contributed by atoms with Crippen molar-refractivity contribution in [2.75, 3.05) is 52.5 Å². The fraction of sp³-hybridized carbons (Fsp3) is 0.500. The Bertz CT molecular complexity index is 800. The zero-order chi connectivity index (χ0) is 20.8. The van der Waals surface area contributed by atoms with Crippen molar-refractivity contribution >= 4 is 0 Å². The molecule has 6 heteroatoms. The lowest BCUT2D eigenvalue weighted by Gasteiger charge is -2.38. The molecule has 0 aliphatic carbocycles. The minimum Gasteiger partial charge on any atom is -0.492 e. The Hall–Kier alpha value is -1.99. The number of halogens is 1. The van der Waals surface area contributed by atoms with Crippen molar-refractivity contribution in [3.05, 3.63) is 65.5 Å². The molecule has 2 aromatic carbocycles. The molecule has 1 N–H and O–H groups in total. The van der Waals surface area contributed by atoms with Gasteiger partial charge in [-0.05, 0) is 36.6 Å². The molecule has 162 valence electrons. The topological polar surface area (TPSA) is 45.2 Å². The Morgan fingerprint density at radius 2 is 1.63 bits per heavy atom. The summed E-state index contributed by atoms with van der Waals surface area (Å²) in [5.41, 5.74) is 1.10. The second-order valence-corrected chi connectivity index (χ2v) is 8.22. The summed E-state index contributed by atoms with van der Waals surface area (Å²) in [7, 11) is 0. The Kier molecular flexibility index (Phi) is 7.00. The summed E-state index contributed by atoms with van der Waals surface area (Å²) in [6.07, 6.45) is 1.28. The molecule has 0 unspecified atom stereocenters. The first-order valence-corrected chi connectivity index (χ1v) is 10.8. The third-order valence-electron chi connectivity index (χ3n) is 6.20. The first-order valence-electron chi connectivity index (χ1n) is 10.8. The Morgan fingerprint density at radius 1 is 0.933 bits per heavy atom. The molecule has 4 rings (SSSR count). The van der Waals surface area contributed by atoms with Gasteiger partial charge in [0, 0.05) is 44.8 Å². The molecule has 30 heavy (non-hydrogen) atoms. The number of hydrogen-bond donors (Lipinski definition) is 1. The summed E-state index contributed by atoms with van der Waals surface area (Å²) in [6.45, 7) is 7.49. The maximum absolute atomic E-state index is 13.2. The van der Waals surface area contributed by atoms with Gasteiger partial charge >= 0.3 is 0 Å². The SMILES string of the molecule is OC1(c2ccc(F)cc2)CCN(Cc2ccccc2OCCN2CCOCC2)CC1. The van der Waals surface area contributed by atoms with Crippen LogP contribution >= 0.6 is 0 Å². The van der Waals surface area contributed by atoms with E-state index in [4.69, 9.17) is 9.47 Å². The molecule has 0 amide bonds. The van der Waals surface area contributed by atoms with Crippen LogP contribution in [-0.2, 0) is 16.9 Å². The van der Waals surface area contributed by atoms with Gasteiger partial charge in [-0.3, -0.25) is 9.80 Å². The van der Waals surface area contributed by atoms with Crippen LogP contribution in [0.2, 0.25) is 0 Å². The van der Waals surface area contributed by atoms with Crippen LogP contribution in [0.5, 0.6) is 5.75 Å². The molecule has 2 aliphatic heterocycles. The highest BCUT2D eigenvalue weighted by molar-refractivity contribution is 5.33. The monoisotopic (exact) mass is 414 g/mol. The minimum absolute atomic E-state index is 0.273. The van der Waals surface area contributed by atoms with E-state index in [0.29, 0.717) is 19.4 Å². The van der Waals surface area contributed by atoms with Gasteiger partial charge in [0.2, 0.25) is 0 Å². The number of rotatable bonds is 7. The quantitative estimate of drug-likeness (QED) is 0.755. The molecule has 2 fully saturated rings. The molecule has 0 aromatic heterocycles. The Labute approximate surface area is 178 Å². The van der Waals surface area contributed by atoms with E-state index in [9.17, 15) is 9.50 Å². The number of ether oxygens (including phenoxy) is 2. The van der Waals surface area contributed by atoms with E-state index in [1.165, 1.54) is 17.7 Å². The van der Waals surface area contributed by atoms with E-state index in [-0.39, 0.29) is 5.82 Å². The fourth-order valence-corrected chi connectivity index (χ4v) is 4.26. The second-order valence-electron chi connectivity index (χ2n) is 8.22. The normalized spacial score (nSPS) is 20.2. The molecule has 2 heterocycles. The lowest BCUT2D eigenvalue weighted by atomic mass is 9.84. The summed E-state index contributed by atoms with van der Waals surface area (Å²) in [5.74, 6) is 0.662. The highest BCUT2D eigenvalue weighted by Crippen LogP contribution is 2.34. The zero-order valence-electron chi connectivity index (χ0n) is 17.4. The van der Waals surface area contributed by atoms with Crippen molar-refractivity contribution in [1.29, 1.82) is 0 Å². The van der Waals surface area contributed by atoms with Crippen LogP contribution in [0.3, 0.4) is 0 Å². The van der Waals surface area contributed by atoms with Gasteiger partial charge < -0.3 is 14.6 Å². The van der Waals surface area contributed by atoms with Crippen LogP contribution in [-0.4, -0.2) is 67.5 Å².